The molecule has 2 nitrogen and oxygen atoms in total. The first-order valence-corrected chi connectivity index (χ1v) is 16.0. The molecule has 0 aromatic heterocycles. The first-order valence-electron chi connectivity index (χ1n) is 12.9. The van der Waals surface area contributed by atoms with E-state index in [1.165, 1.54) is 22.3 Å². The van der Waals surface area contributed by atoms with Crippen LogP contribution in [-0.2, 0) is 26.2 Å². The Bertz CT molecular complexity index is 1060. The van der Waals surface area contributed by atoms with Crippen molar-refractivity contribution in [3.63, 3.8) is 0 Å². The first-order chi connectivity index (χ1) is 18.4. The summed E-state index contributed by atoms with van der Waals surface area (Å²) in [5.74, 6) is 0. The van der Waals surface area contributed by atoms with Crippen LogP contribution in [0.5, 0.6) is 0 Å². The van der Waals surface area contributed by atoms with E-state index < -0.39 is 0 Å². The second-order valence-electron chi connectivity index (χ2n) is 9.59. The molecule has 198 valence electrons. The Hall–Kier alpha value is -1.28. The summed E-state index contributed by atoms with van der Waals surface area (Å²) >= 11 is 14.4. The molecule has 0 bridgehead atoms. The molecule has 0 heterocycles. The highest BCUT2D eigenvalue weighted by Crippen LogP contribution is 2.26. The number of nitrogens with zero attached hydrogens (tertiary/aromatic N) is 2. The van der Waals surface area contributed by atoms with E-state index >= 15 is 0 Å². The standard InChI is InChI=1S/C32H32Br4N2/c1-2-3-32(37(20-24-4-12-28(33)13-5-24)21-25-6-14-29(34)15-7-25)38(22-26-8-16-30(35)17-9-26)23-27-10-18-31(36)19-11-27/h4-19,32H,2-3,20-23H2,1H3. The molecular formula is C32H32Br4N2. The molecule has 0 aliphatic carbocycles. The third-order valence-electron chi connectivity index (χ3n) is 6.59. The van der Waals surface area contributed by atoms with E-state index in [9.17, 15) is 0 Å². The first kappa shape index (κ1) is 29.7. The molecule has 0 fully saturated rings. The molecule has 0 spiro atoms. The fraction of sp³-hybridized carbons (Fsp3) is 0.250. The van der Waals surface area contributed by atoms with E-state index in [-0.39, 0.29) is 6.17 Å². The largest absolute Gasteiger partial charge is 0.279 e. The molecule has 0 N–H and O–H groups in total. The third kappa shape index (κ3) is 9.14. The lowest BCUT2D eigenvalue weighted by Gasteiger charge is -2.40. The molecule has 0 saturated carbocycles. The molecule has 0 amide bonds. The van der Waals surface area contributed by atoms with Crippen LogP contribution in [0.15, 0.2) is 115 Å². The maximum absolute atomic E-state index is 3.60. The minimum Gasteiger partial charge on any atom is -0.279 e. The molecule has 4 aromatic rings. The maximum Gasteiger partial charge on any atom is 0.0634 e. The van der Waals surface area contributed by atoms with Crippen LogP contribution in [-0.4, -0.2) is 16.0 Å². The van der Waals surface area contributed by atoms with Crippen LogP contribution in [0.1, 0.15) is 42.0 Å². The van der Waals surface area contributed by atoms with Gasteiger partial charge in [-0.15, -0.1) is 0 Å². The zero-order chi connectivity index (χ0) is 26.9. The molecule has 4 rings (SSSR count). The van der Waals surface area contributed by atoms with Gasteiger partial charge in [0.15, 0.2) is 0 Å². The van der Waals surface area contributed by atoms with Crippen molar-refractivity contribution in [1.29, 1.82) is 0 Å². The van der Waals surface area contributed by atoms with Crippen molar-refractivity contribution >= 4 is 63.7 Å². The second-order valence-corrected chi connectivity index (χ2v) is 13.2. The van der Waals surface area contributed by atoms with Gasteiger partial charge >= 0.3 is 0 Å². The van der Waals surface area contributed by atoms with Crippen LogP contribution in [0.4, 0.5) is 0 Å². The van der Waals surface area contributed by atoms with E-state index in [1.807, 2.05) is 0 Å². The molecule has 6 heteroatoms. The highest BCUT2D eigenvalue weighted by atomic mass is 79.9. The van der Waals surface area contributed by atoms with Crippen molar-refractivity contribution in [3.05, 3.63) is 137 Å². The van der Waals surface area contributed by atoms with Gasteiger partial charge < -0.3 is 0 Å². The summed E-state index contributed by atoms with van der Waals surface area (Å²) in [5.41, 5.74) is 5.27. The Labute approximate surface area is 261 Å². The lowest BCUT2D eigenvalue weighted by Crippen LogP contribution is -2.47. The SMILES string of the molecule is CCCC(N(Cc1ccc(Br)cc1)Cc1ccc(Br)cc1)N(Cc1ccc(Br)cc1)Cc1ccc(Br)cc1. The molecule has 0 aliphatic rings. The summed E-state index contributed by atoms with van der Waals surface area (Å²) in [6.45, 7) is 5.81. The normalized spacial score (nSPS) is 11.6. The van der Waals surface area contributed by atoms with Crippen molar-refractivity contribution in [2.75, 3.05) is 0 Å². The lowest BCUT2D eigenvalue weighted by molar-refractivity contribution is 0.0116. The van der Waals surface area contributed by atoms with Gasteiger partial charge in [-0.2, -0.15) is 0 Å². The summed E-state index contributed by atoms with van der Waals surface area (Å²) in [6.07, 6.45) is 2.46. The highest BCUT2D eigenvalue weighted by Gasteiger charge is 2.26. The van der Waals surface area contributed by atoms with Crippen LogP contribution >= 0.6 is 63.7 Å². The molecule has 0 atom stereocenters. The number of hydrogen-bond acceptors (Lipinski definition) is 2. The Morgan fingerprint density at radius 3 is 0.895 bits per heavy atom. The van der Waals surface area contributed by atoms with E-state index in [0.717, 1.165) is 56.9 Å². The number of benzene rings is 4. The zero-order valence-electron chi connectivity index (χ0n) is 21.5. The van der Waals surface area contributed by atoms with E-state index in [1.54, 1.807) is 0 Å². The highest BCUT2D eigenvalue weighted by molar-refractivity contribution is 9.11. The molecule has 38 heavy (non-hydrogen) atoms. The average Bonchev–Trinajstić information content (AvgIpc) is 2.91. The summed E-state index contributed by atoms with van der Waals surface area (Å²) in [4.78, 5) is 5.29. The van der Waals surface area contributed by atoms with E-state index in [0.29, 0.717) is 0 Å². The molecule has 0 saturated heterocycles. The monoisotopic (exact) mass is 760 g/mol. The van der Waals surface area contributed by atoms with Gasteiger partial charge in [0.1, 0.15) is 0 Å². The maximum atomic E-state index is 3.60. The summed E-state index contributed by atoms with van der Waals surface area (Å²) in [6, 6.07) is 35.0. The van der Waals surface area contributed by atoms with Crippen LogP contribution in [0.3, 0.4) is 0 Å². The van der Waals surface area contributed by atoms with Crippen LogP contribution in [0.25, 0.3) is 0 Å². The lowest BCUT2D eigenvalue weighted by atomic mass is 10.1. The van der Waals surface area contributed by atoms with Gasteiger partial charge in [0.25, 0.3) is 0 Å². The average molecular weight is 764 g/mol. The van der Waals surface area contributed by atoms with Crippen LogP contribution in [0.2, 0.25) is 0 Å². The molecule has 0 radical (unpaired) electrons. The quantitative estimate of drug-likeness (QED) is 0.133. The van der Waals surface area contributed by atoms with Gasteiger partial charge in [0.05, 0.1) is 6.17 Å². The predicted molar refractivity (Wildman–Crippen MR) is 174 cm³/mol. The van der Waals surface area contributed by atoms with Crippen LogP contribution < -0.4 is 0 Å². The van der Waals surface area contributed by atoms with Crippen molar-refractivity contribution in [2.45, 2.75) is 52.1 Å². The Morgan fingerprint density at radius 2 is 0.684 bits per heavy atom. The fourth-order valence-corrected chi connectivity index (χ4v) is 5.74. The number of hydrogen-bond donors (Lipinski definition) is 0. The summed E-state index contributed by atoms with van der Waals surface area (Å²) in [5, 5.41) is 0. The zero-order valence-corrected chi connectivity index (χ0v) is 27.8. The van der Waals surface area contributed by atoms with Crippen LogP contribution in [0, 0.1) is 0 Å². The molecule has 4 aromatic carbocycles. The topological polar surface area (TPSA) is 6.48 Å². The molecule has 0 aliphatic heterocycles. The van der Waals surface area contributed by atoms with Gasteiger partial charge in [-0.3, -0.25) is 9.80 Å². The summed E-state index contributed by atoms with van der Waals surface area (Å²) < 4.78 is 4.44. The molecular weight excluding hydrogens is 732 g/mol. The number of rotatable bonds is 12. The Kier molecular flexibility index (Phi) is 11.7. The third-order valence-corrected chi connectivity index (χ3v) is 8.70. The second kappa shape index (κ2) is 14.9. The number of halogens is 4. The minimum atomic E-state index is 0.264. The van der Waals surface area contributed by atoms with Gasteiger partial charge in [-0.05, 0) is 77.2 Å². The van der Waals surface area contributed by atoms with Crippen molar-refractivity contribution in [3.8, 4) is 0 Å². The van der Waals surface area contributed by atoms with Crippen molar-refractivity contribution in [1.82, 2.24) is 9.80 Å². The van der Waals surface area contributed by atoms with Crippen molar-refractivity contribution < 1.29 is 0 Å². The molecule has 0 unspecified atom stereocenters. The van der Waals surface area contributed by atoms with Gasteiger partial charge in [-0.25, -0.2) is 0 Å². The smallest absolute Gasteiger partial charge is 0.0634 e. The predicted octanol–water partition coefficient (Wildman–Crippen LogP) is 10.6. The van der Waals surface area contributed by atoms with E-state index in [4.69, 9.17) is 0 Å². The van der Waals surface area contributed by atoms with E-state index in [2.05, 4.69) is 178 Å². The van der Waals surface area contributed by atoms with Gasteiger partial charge in [0, 0.05) is 44.1 Å². The Balaban J connectivity index is 1.70. The minimum absolute atomic E-state index is 0.264. The van der Waals surface area contributed by atoms with Gasteiger partial charge in [-0.1, -0.05) is 126 Å². The fourth-order valence-electron chi connectivity index (χ4n) is 4.68. The Morgan fingerprint density at radius 1 is 0.447 bits per heavy atom. The van der Waals surface area contributed by atoms with Crippen molar-refractivity contribution in [2.24, 2.45) is 0 Å². The van der Waals surface area contributed by atoms with Gasteiger partial charge in [0.2, 0.25) is 0 Å². The summed E-state index contributed by atoms with van der Waals surface area (Å²) in [7, 11) is 0.